The average Bonchev–Trinajstić information content (AvgIpc) is 2.74. The minimum atomic E-state index is -0.317. The quantitative estimate of drug-likeness (QED) is 0.555. The predicted molar refractivity (Wildman–Crippen MR) is 110 cm³/mol. The van der Waals surface area contributed by atoms with Crippen LogP contribution in [-0.2, 0) is 11.4 Å². The van der Waals surface area contributed by atoms with Crippen molar-refractivity contribution in [2.24, 2.45) is 5.92 Å². The summed E-state index contributed by atoms with van der Waals surface area (Å²) in [7, 11) is 0. The summed E-state index contributed by atoms with van der Waals surface area (Å²) in [5, 5.41) is 12.4. The fourth-order valence-corrected chi connectivity index (χ4v) is 3.50. The molecule has 4 nitrogen and oxygen atoms in total. The molecule has 5 heteroatoms. The SMILES string of the molecule is C[C@@H]1CCCC[C@@H]1NC(=O)/C(C#N)=C/c1ccc(OCc2ccc(F)cc2)cc1. The van der Waals surface area contributed by atoms with Gasteiger partial charge in [-0.1, -0.05) is 44.0 Å². The second-order valence-corrected chi connectivity index (χ2v) is 7.50. The number of nitrogens with zero attached hydrogens (tertiary/aromatic N) is 1. The molecule has 150 valence electrons. The third-order valence-corrected chi connectivity index (χ3v) is 5.30. The van der Waals surface area contributed by atoms with Gasteiger partial charge in [-0.25, -0.2) is 4.39 Å². The first kappa shape index (κ1) is 20.6. The average molecular weight is 392 g/mol. The highest BCUT2D eigenvalue weighted by Gasteiger charge is 2.24. The number of benzene rings is 2. The van der Waals surface area contributed by atoms with E-state index in [2.05, 4.69) is 12.2 Å². The van der Waals surface area contributed by atoms with Crippen LogP contribution in [0.1, 0.15) is 43.7 Å². The zero-order chi connectivity index (χ0) is 20.6. The van der Waals surface area contributed by atoms with Gasteiger partial charge in [0.25, 0.3) is 5.91 Å². The van der Waals surface area contributed by atoms with Gasteiger partial charge in [-0.3, -0.25) is 4.79 Å². The molecule has 0 aliphatic heterocycles. The van der Waals surface area contributed by atoms with Gasteiger partial charge in [0.05, 0.1) is 0 Å². The Bertz CT molecular complexity index is 898. The molecule has 0 spiro atoms. The molecule has 1 aliphatic rings. The molecule has 1 saturated carbocycles. The van der Waals surface area contributed by atoms with E-state index in [0.717, 1.165) is 30.4 Å². The van der Waals surface area contributed by atoms with Crippen LogP contribution in [0.4, 0.5) is 4.39 Å². The monoisotopic (exact) mass is 392 g/mol. The number of carbonyl (C=O) groups excluding carboxylic acids is 1. The molecule has 0 unspecified atom stereocenters. The van der Waals surface area contributed by atoms with Crippen LogP contribution < -0.4 is 10.1 Å². The van der Waals surface area contributed by atoms with Gasteiger partial charge in [0.1, 0.15) is 29.8 Å². The van der Waals surface area contributed by atoms with Crippen molar-refractivity contribution >= 4 is 12.0 Å². The van der Waals surface area contributed by atoms with E-state index in [4.69, 9.17) is 4.74 Å². The lowest BCUT2D eigenvalue weighted by atomic mass is 9.86. The Morgan fingerprint density at radius 1 is 1.17 bits per heavy atom. The molecule has 2 atom stereocenters. The summed E-state index contributed by atoms with van der Waals surface area (Å²) >= 11 is 0. The molecule has 3 rings (SSSR count). The second kappa shape index (κ2) is 9.88. The van der Waals surface area contributed by atoms with Gasteiger partial charge in [0.2, 0.25) is 0 Å². The van der Waals surface area contributed by atoms with Crippen molar-refractivity contribution < 1.29 is 13.9 Å². The van der Waals surface area contributed by atoms with Gasteiger partial charge in [0.15, 0.2) is 0 Å². The molecule has 1 aliphatic carbocycles. The van der Waals surface area contributed by atoms with Gasteiger partial charge in [-0.05, 0) is 60.2 Å². The van der Waals surface area contributed by atoms with Gasteiger partial charge in [-0.2, -0.15) is 5.26 Å². The maximum atomic E-state index is 12.9. The lowest BCUT2D eigenvalue weighted by Gasteiger charge is -2.29. The molecule has 1 amide bonds. The maximum Gasteiger partial charge on any atom is 0.262 e. The van der Waals surface area contributed by atoms with Crippen LogP contribution in [0.25, 0.3) is 6.08 Å². The summed E-state index contributed by atoms with van der Waals surface area (Å²) in [4.78, 5) is 12.5. The summed E-state index contributed by atoms with van der Waals surface area (Å²) < 4.78 is 18.6. The number of carbonyl (C=O) groups is 1. The highest BCUT2D eigenvalue weighted by Crippen LogP contribution is 2.24. The van der Waals surface area contributed by atoms with Gasteiger partial charge in [0, 0.05) is 6.04 Å². The van der Waals surface area contributed by atoms with Crippen molar-refractivity contribution in [1.82, 2.24) is 5.32 Å². The highest BCUT2D eigenvalue weighted by atomic mass is 19.1. The van der Waals surface area contributed by atoms with Crippen LogP contribution in [0.15, 0.2) is 54.1 Å². The van der Waals surface area contributed by atoms with E-state index in [1.165, 1.54) is 18.6 Å². The van der Waals surface area contributed by atoms with Crippen molar-refractivity contribution in [3.05, 3.63) is 71.0 Å². The molecule has 0 heterocycles. The van der Waals surface area contributed by atoms with Crippen LogP contribution in [0, 0.1) is 23.1 Å². The Labute approximate surface area is 171 Å². The van der Waals surface area contributed by atoms with Crippen molar-refractivity contribution in [3.63, 3.8) is 0 Å². The van der Waals surface area contributed by atoms with Gasteiger partial charge >= 0.3 is 0 Å². The van der Waals surface area contributed by atoms with Crippen LogP contribution >= 0.6 is 0 Å². The standard InChI is InChI=1S/C24H25FN2O2/c1-17-4-2-3-5-23(17)27-24(28)20(15-26)14-18-8-12-22(13-9-18)29-16-19-6-10-21(25)11-7-19/h6-14,17,23H,2-5,16H2,1H3,(H,27,28)/b20-14+/t17-,23+/m1/s1. The number of hydrogen-bond acceptors (Lipinski definition) is 3. The minimum absolute atomic E-state index is 0.0998. The first-order chi connectivity index (χ1) is 14.0. The van der Waals surface area contributed by atoms with E-state index in [-0.39, 0.29) is 23.3 Å². The first-order valence-corrected chi connectivity index (χ1v) is 9.95. The van der Waals surface area contributed by atoms with E-state index in [0.29, 0.717) is 18.3 Å². The molecule has 0 saturated heterocycles. The van der Waals surface area contributed by atoms with Crippen molar-refractivity contribution in [2.45, 2.75) is 45.3 Å². The number of rotatable bonds is 6. The maximum absolute atomic E-state index is 12.9. The summed E-state index contributed by atoms with van der Waals surface area (Å²) in [5.41, 5.74) is 1.72. The third kappa shape index (κ3) is 5.92. The van der Waals surface area contributed by atoms with Gasteiger partial charge in [-0.15, -0.1) is 0 Å². The molecular formula is C24H25FN2O2. The van der Waals surface area contributed by atoms with Gasteiger partial charge < -0.3 is 10.1 Å². The van der Waals surface area contributed by atoms with Crippen LogP contribution in [0.3, 0.4) is 0 Å². The predicted octanol–water partition coefficient (Wildman–Crippen LogP) is 5.01. The molecular weight excluding hydrogens is 367 g/mol. The molecule has 0 aromatic heterocycles. The zero-order valence-electron chi connectivity index (χ0n) is 16.5. The van der Waals surface area contributed by atoms with E-state index in [9.17, 15) is 14.4 Å². The zero-order valence-corrected chi connectivity index (χ0v) is 16.5. The fourth-order valence-electron chi connectivity index (χ4n) is 3.50. The number of halogens is 1. The Hall–Kier alpha value is -3.13. The largest absolute Gasteiger partial charge is 0.489 e. The van der Waals surface area contributed by atoms with Crippen molar-refractivity contribution in [2.75, 3.05) is 0 Å². The molecule has 2 aromatic rings. The molecule has 0 bridgehead atoms. The highest BCUT2D eigenvalue weighted by molar-refractivity contribution is 6.01. The van der Waals surface area contributed by atoms with E-state index in [1.54, 1.807) is 42.5 Å². The third-order valence-electron chi connectivity index (χ3n) is 5.30. The lowest BCUT2D eigenvalue weighted by molar-refractivity contribution is -0.118. The molecule has 0 radical (unpaired) electrons. The van der Waals surface area contributed by atoms with E-state index >= 15 is 0 Å². The fraction of sp³-hybridized carbons (Fsp3) is 0.333. The molecule has 29 heavy (non-hydrogen) atoms. The van der Waals surface area contributed by atoms with Crippen LogP contribution in [0.2, 0.25) is 0 Å². The molecule has 2 aromatic carbocycles. The topological polar surface area (TPSA) is 62.1 Å². The number of nitriles is 1. The Morgan fingerprint density at radius 3 is 2.52 bits per heavy atom. The van der Waals surface area contributed by atoms with Crippen molar-refractivity contribution in [1.29, 1.82) is 5.26 Å². The van der Waals surface area contributed by atoms with Crippen LogP contribution in [-0.4, -0.2) is 11.9 Å². The van der Waals surface area contributed by atoms with Crippen molar-refractivity contribution in [3.8, 4) is 11.8 Å². The Morgan fingerprint density at radius 2 is 1.86 bits per heavy atom. The number of amides is 1. The smallest absolute Gasteiger partial charge is 0.262 e. The Balaban J connectivity index is 1.59. The first-order valence-electron chi connectivity index (χ1n) is 9.95. The number of ether oxygens (including phenoxy) is 1. The normalized spacial score (nSPS) is 19.3. The lowest BCUT2D eigenvalue weighted by Crippen LogP contribution is -2.41. The Kier molecular flexibility index (Phi) is 7.02. The molecule has 1 fully saturated rings. The minimum Gasteiger partial charge on any atom is -0.489 e. The van der Waals surface area contributed by atoms with E-state index < -0.39 is 0 Å². The number of nitrogens with one attached hydrogen (secondary N) is 1. The summed E-state index contributed by atoms with van der Waals surface area (Å²) in [5.74, 6) is 0.499. The van der Waals surface area contributed by atoms with Crippen LogP contribution in [0.5, 0.6) is 5.75 Å². The van der Waals surface area contributed by atoms with E-state index in [1.807, 2.05) is 6.07 Å². The summed E-state index contributed by atoms with van der Waals surface area (Å²) in [6.07, 6.45) is 5.97. The second-order valence-electron chi connectivity index (χ2n) is 7.50. The number of hydrogen-bond donors (Lipinski definition) is 1. The summed E-state index contributed by atoms with van der Waals surface area (Å²) in [6, 6.07) is 15.5. The summed E-state index contributed by atoms with van der Waals surface area (Å²) in [6.45, 7) is 2.48. The molecule has 1 N–H and O–H groups in total.